The second-order valence-electron chi connectivity index (χ2n) is 5.32. The summed E-state index contributed by atoms with van der Waals surface area (Å²) in [5.74, 6) is -0.239. The number of hydrogen-bond donors (Lipinski definition) is 2. The predicted octanol–water partition coefficient (Wildman–Crippen LogP) is 2.75. The van der Waals surface area contributed by atoms with Crippen LogP contribution in [0.3, 0.4) is 0 Å². The Morgan fingerprint density at radius 2 is 1.92 bits per heavy atom. The lowest BCUT2D eigenvalue weighted by Gasteiger charge is -2.16. The second-order valence-corrected chi connectivity index (χ2v) is 7.61. The number of halogens is 1. The van der Waals surface area contributed by atoms with Crippen molar-refractivity contribution in [1.29, 1.82) is 0 Å². The normalized spacial score (nSPS) is 12.5. The smallest absolute Gasteiger partial charge is 0.251 e. The van der Waals surface area contributed by atoms with E-state index in [9.17, 15) is 13.2 Å². The molecule has 0 aliphatic carbocycles. The van der Waals surface area contributed by atoms with Crippen LogP contribution in [0.2, 0.25) is 5.02 Å². The van der Waals surface area contributed by atoms with Gasteiger partial charge in [-0.25, -0.2) is 13.1 Å². The average molecular weight is 383 g/mol. The number of carbonyl (C=O) groups is 1. The van der Waals surface area contributed by atoms with E-state index >= 15 is 0 Å². The zero-order valence-corrected chi connectivity index (χ0v) is 15.6. The van der Waals surface area contributed by atoms with Crippen molar-refractivity contribution in [3.05, 3.63) is 58.6 Å². The molecular weight excluding hydrogens is 364 g/mol. The summed E-state index contributed by atoms with van der Waals surface area (Å²) in [6, 6.07) is 11.1. The summed E-state index contributed by atoms with van der Waals surface area (Å²) < 4.78 is 31.5. The van der Waals surface area contributed by atoms with Gasteiger partial charge in [-0.05, 0) is 49.9 Å². The zero-order chi connectivity index (χ0) is 18.6. The molecule has 1 atom stereocenters. The fraction of sp³-hybridized carbons (Fsp3) is 0.235. The number of hydrogen-bond acceptors (Lipinski definition) is 4. The molecule has 0 fully saturated rings. The third-order valence-electron chi connectivity index (χ3n) is 3.68. The van der Waals surface area contributed by atoms with Crippen molar-refractivity contribution in [2.45, 2.75) is 17.9 Å². The predicted molar refractivity (Wildman–Crippen MR) is 96.6 cm³/mol. The van der Waals surface area contributed by atoms with Gasteiger partial charge in [-0.2, -0.15) is 0 Å². The molecule has 2 aromatic carbocycles. The summed E-state index contributed by atoms with van der Waals surface area (Å²) in [6.07, 6.45) is 0. The van der Waals surface area contributed by atoms with Gasteiger partial charge in [-0.1, -0.05) is 23.7 Å². The maximum Gasteiger partial charge on any atom is 0.251 e. The van der Waals surface area contributed by atoms with E-state index in [2.05, 4.69) is 10.0 Å². The van der Waals surface area contributed by atoms with E-state index in [-0.39, 0.29) is 22.3 Å². The molecule has 6 nitrogen and oxygen atoms in total. The first-order chi connectivity index (χ1) is 11.8. The van der Waals surface area contributed by atoms with E-state index in [0.717, 1.165) is 5.56 Å². The largest absolute Gasteiger partial charge is 0.495 e. The molecule has 1 unspecified atom stereocenters. The highest BCUT2D eigenvalue weighted by Gasteiger charge is 2.21. The minimum Gasteiger partial charge on any atom is -0.495 e. The Morgan fingerprint density at radius 1 is 1.20 bits per heavy atom. The number of sulfonamides is 1. The summed E-state index contributed by atoms with van der Waals surface area (Å²) in [7, 11) is -1.10. The molecule has 0 saturated carbocycles. The van der Waals surface area contributed by atoms with Crippen LogP contribution in [0.25, 0.3) is 0 Å². The van der Waals surface area contributed by atoms with Crippen molar-refractivity contribution in [3.63, 3.8) is 0 Å². The molecule has 2 N–H and O–H groups in total. The molecule has 0 radical (unpaired) electrons. The molecule has 0 aromatic heterocycles. The SMILES string of the molecule is CNS(=O)(=O)c1cc(C(=O)NC(C)c2cccc(Cl)c2)ccc1OC. The first kappa shape index (κ1) is 19.2. The molecule has 8 heteroatoms. The lowest BCUT2D eigenvalue weighted by molar-refractivity contribution is 0.0939. The molecule has 0 spiro atoms. The van der Waals surface area contributed by atoms with Crippen LogP contribution in [0, 0.1) is 0 Å². The second kappa shape index (κ2) is 7.86. The minimum absolute atomic E-state index is 0.0967. The summed E-state index contributed by atoms with van der Waals surface area (Å²) in [5.41, 5.74) is 1.06. The Balaban J connectivity index is 2.29. The Bertz CT molecular complexity index is 884. The summed E-state index contributed by atoms with van der Waals surface area (Å²) in [4.78, 5) is 12.4. The average Bonchev–Trinajstić information content (AvgIpc) is 2.61. The number of ether oxygens (including phenoxy) is 1. The Kier molecular flexibility index (Phi) is 6.05. The van der Waals surface area contributed by atoms with Crippen LogP contribution in [-0.2, 0) is 10.0 Å². The molecule has 0 bridgehead atoms. The third kappa shape index (κ3) is 4.50. The van der Waals surface area contributed by atoms with Crippen molar-refractivity contribution in [1.82, 2.24) is 10.0 Å². The van der Waals surface area contributed by atoms with Gasteiger partial charge in [0.15, 0.2) is 0 Å². The topological polar surface area (TPSA) is 84.5 Å². The molecule has 0 aliphatic heterocycles. The molecule has 0 saturated heterocycles. The van der Waals surface area contributed by atoms with Gasteiger partial charge in [0, 0.05) is 10.6 Å². The van der Waals surface area contributed by atoms with Gasteiger partial charge in [-0.3, -0.25) is 4.79 Å². The molecular formula is C17H19ClN2O4S. The van der Waals surface area contributed by atoms with Gasteiger partial charge in [0.2, 0.25) is 10.0 Å². The van der Waals surface area contributed by atoms with Gasteiger partial charge in [0.1, 0.15) is 10.6 Å². The van der Waals surface area contributed by atoms with Gasteiger partial charge in [0.25, 0.3) is 5.91 Å². The Hall–Kier alpha value is -2.09. The Labute approximate surface area is 152 Å². The number of benzene rings is 2. The van der Waals surface area contributed by atoms with E-state index in [4.69, 9.17) is 16.3 Å². The zero-order valence-electron chi connectivity index (χ0n) is 14.0. The van der Waals surface area contributed by atoms with E-state index < -0.39 is 15.9 Å². The summed E-state index contributed by atoms with van der Waals surface area (Å²) in [5, 5.41) is 3.39. The van der Waals surface area contributed by atoms with Gasteiger partial charge in [-0.15, -0.1) is 0 Å². The third-order valence-corrected chi connectivity index (χ3v) is 5.35. The van der Waals surface area contributed by atoms with Crippen LogP contribution in [0.4, 0.5) is 0 Å². The highest BCUT2D eigenvalue weighted by Crippen LogP contribution is 2.25. The number of amides is 1. The molecule has 0 aliphatic rings. The highest BCUT2D eigenvalue weighted by molar-refractivity contribution is 7.89. The molecule has 25 heavy (non-hydrogen) atoms. The molecule has 0 heterocycles. The van der Waals surface area contributed by atoms with Crippen LogP contribution in [0.1, 0.15) is 28.9 Å². The Morgan fingerprint density at radius 3 is 2.52 bits per heavy atom. The van der Waals surface area contributed by atoms with Crippen LogP contribution >= 0.6 is 11.6 Å². The van der Waals surface area contributed by atoms with Gasteiger partial charge in [0.05, 0.1) is 13.2 Å². The van der Waals surface area contributed by atoms with E-state index in [1.165, 1.54) is 32.4 Å². The lowest BCUT2D eigenvalue weighted by atomic mass is 10.1. The monoisotopic (exact) mass is 382 g/mol. The first-order valence-electron chi connectivity index (χ1n) is 7.46. The fourth-order valence-electron chi connectivity index (χ4n) is 2.28. The first-order valence-corrected chi connectivity index (χ1v) is 9.32. The number of carbonyl (C=O) groups excluding carboxylic acids is 1. The van der Waals surface area contributed by atoms with E-state index in [1.54, 1.807) is 18.2 Å². The maximum absolute atomic E-state index is 12.5. The van der Waals surface area contributed by atoms with Crippen LogP contribution in [-0.4, -0.2) is 28.5 Å². The lowest BCUT2D eigenvalue weighted by Crippen LogP contribution is -2.27. The van der Waals surface area contributed by atoms with Crippen LogP contribution in [0.5, 0.6) is 5.75 Å². The fourth-order valence-corrected chi connectivity index (χ4v) is 3.39. The van der Waals surface area contributed by atoms with Crippen molar-refractivity contribution >= 4 is 27.5 Å². The van der Waals surface area contributed by atoms with Crippen molar-refractivity contribution in [2.75, 3.05) is 14.2 Å². The van der Waals surface area contributed by atoms with Gasteiger partial charge < -0.3 is 10.1 Å². The summed E-state index contributed by atoms with van der Waals surface area (Å²) >= 11 is 5.96. The van der Waals surface area contributed by atoms with Crippen LogP contribution < -0.4 is 14.8 Å². The molecule has 134 valence electrons. The van der Waals surface area contributed by atoms with E-state index in [1.807, 2.05) is 13.0 Å². The van der Waals surface area contributed by atoms with Gasteiger partial charge >= 0.3 is 0 Å². The quantitative estimate of drug-likeness (QED) is 0.804. The number of nitrogens with one attached hydrogen (secondary N) is 2. The molecule has 2 aromatic rings. The van der Waals surface area contributed by atoms with Crippen LogP contribution in [0.15, 0.2) is 47.4 Å². The van der Waals surface area contributed by atoms with Crippen molar-refractivity contribution in [2.24, 2.45) is 0 Å². The van der Waals surface area contributed by atoms with E-state index in [0.29, 0.717) is 5.02 Å². The number of rotatable bonds is 6. The maximum atomic E-state index is 12.5. The van der Waals surface area contributed by atoms with Crippen molar-refractivity contribution in [3.8, 4) is 5.75 Å². The van der Waals surface area contributed by atoms with Crippen molar-refractivity contribution < 1.29 is 17.9 Å². The molecule has 1 amide bonds. The highest BCUT2D eigenvalue weighted by atomic mass is 35.5. The number of methoxy groups -OCH3 is 1. The standard InChI is InChI=1S/C17H19ClN2O4S/c1-11(12-5-4-6-14(18)9-12)20-17(21)13-7-8-15(24-3)16(10-13)25(22,23)19-2/h4-11,19H,1-3H3,(H,20,21). The summed E-state index contributed by atoms with van der Waals surface area (Å²) in [6.45, 7) is 1.82. The minimum atomic E-state index is -3.76. The molecule has 2 rings (SSSR count).